The van der Waals surface area contributed by atoms with Gasteiger partial charge in [0.15, 0.2) is 0 Å². The van der Waals surface area contributed by atoms with E-state index in [0.29, 0.717) is 5.95 Å². The number of benzene rings is 1. The predicted molar refractivity (Wildman–Crippen MR) is 77.3 cm³/mol. The van der Waals surface area contributed by atoms with E-state index in [1.807, 2.05) is 18.2 Å². The van der Waals surface area contributed by atoms with E-state index in [2.05, 4.69) is 9.55 Å². The molecule has 0 saturated heterocycles. The topological polar surface area (TPSA) is 53.1 Å². The zero-order valence-electron chi connectivity index (χ0n) is 11.4. The van der Waals surface area contributed by atoms with Crippen LogP contribution in [-0.2, 0) is 6.54 Å². The smallest absolute Gasteiger partial charge is 0.201 e. The Morgan fingerprint density at radius 2 is 2.16 bits per heavy atom. The quantitative estimate of drug-likeness (QED) is 0.917. The van der Waals surface area contributed by atoms with Gasteiger partial charge in [0.1, 0.15) is 5.75 Å². The first-order chi connectivity index (χ1) is 9.28. The zero-order chi connectivity index (χ0) is 13.2. The Balaban J connectivity index is 1.83. The highest BCUT2D eigenvalue weighted by atomic mass is 16.5. The van der Waals surface area contributed by atoms with Gasteiger partial charge in [0.2, 0.25) is 5.95 Å². The van der Waals surface area contributed by atoms with Crippen molar-refractivity contribution < 1.29 is 4.74 Å². The molecule has 3 rings (SSSR count). The highest BCUT2D eigenvalue weighted by Gasteiger charge is 2.16. The maximum Gasteiger partial charge on any atom is 0.201 e. The predicted octanol–water partition coefficient (Wildman–Crippen LogP) is 3.21. The molecule has 0 bridgehead atoms. The molecule has 2 aromatic rings. The molecular formula is C15H21N3O. The molecule has 0 aliphatic heterocycles. The van der Waals surface area contributed by atoms with Gasteiger partial charge < -0.3 is 15.0 Å². The van der Waals surface area contributed by atoms with Crippen LogP contribution in [0.3, 0.4) is 0 Å². The first-order valence-corrected chi connectivity index (χ1v) is 7.07. The van der Waals surface area contributed by atoms with E-state index >= 15 is 0 Å². The molecule has 0 amide bonds. The summed E-state index contributed by atoms with van der Waals surface area (Å²) in [7, 11) is 1.67. The Labute approximate surface area is 113 Å². The van der Waals surface area contributed by atoms with Crippen molar-refractivity contribution in [2.75, 3.05) is 12.8 Å². The van der Waals surface area contributed by atoms with Crippen LogP contribution >= 0.6 is 0 Å². The number of fused-ring (bicyclic) bond motifs is 1. The minimum absolute atomic E-state index is 0.612. The van der Waals surface area contributed by atoms with Gasteiger partial charge in [0.05, 0.1) is 18.1 Å². The third-order valence-corrected chi connectivity index (χ3v) is 4.22. The van der Waals surface area contributed by atoms with Crippen LogP contribution in [0.25, 0.3) is 11.0 Å². The van der Waals surface area contributed by atoms with Crippen molar-refractivity contribution in [3.05, 3.63) is 18.2 Å². The molecule has 102 valence electrons. The molecule has 1 aromatic carbocycles. The van der Waals surface area contributed by atoms with Gasteiger partial charge in [0.25, 0.3) is 0 Å². The average Bonchev–Trinajstić information content (AvgIpc) is 3.02. The SMILES string of the molecule is COc1ccc2c(c1)nc(N)n2CCC1CCCC1. The molecule has 1 aliphatic carbocycles. The summed E-state index contributed by atoms with van der Waals surface area (Å²) < 4.78 is 7.35. The number of nitrogen functional groups attached to an aromatic ring is 1. The first kappa shape index (κ1) is 12.3. The van der Waals surface area contributed by atoms with Crippen LogP contribution in [0.2, 0.25) is 0 Å². The van der Waals surface area contributed by atoms with Gasteiger partial charge in [0, 0.05) is 12.6 Å². The molecule has 2 N–H and O–H groups in total. The van der Waals surface area contributed by atoms with E-state index in [4.69, 9.17) is 10.5 Å². The van der Waals surface area contributed by atoms with E-state index < -0.39 is 0 Å². The zero-order valence-corrected chi connectivity index (χ0v) is 11.4. The summed E-state index contributed by atoms with van der Waals surface area (Å²) in [6, 6.07) is 5.96. The number of anilines is 1. The molecule has 0 atom stereocenters. The molecule has 1 saturated carbocycles. The second kappa shape index (κ2) is 5.11. The van der Waals surface area contributed by atoms with Crippen LogP contribution < -0.4 is 10.5 Å². The first-order valence-electron chi connectivity index (χ1n) is 7.07. The summed E-state index contributed by atoms with van der Waals surface area (Å²) in [6.45, 7) is 0.972. The lowest BCUT2D eigenvalue weighted by atomic mass is 10.0. The second-order valence-corrected chi connectivity index (χ2v) is 5.42. The lowest BCUT2D eigenvalue weighted by Gasteiger charge is -2.11. The Morgan fingerprint density at radius 1 is 1.37 bits per heavy atom. The Kier molecular flexibility index (Phi) is 3.32. The van der Waals surface area contributed by atoms with Crippen LogP contribution in [0.5, 0.6) is 5.75 Å². The highest BCUT2D eigenvalue weighted by Crippen LogP contribution is 2.29. The van der Waals surface area contributed by atoms with Crippen molar-refractivity contribution in [2.45, 2.75) is 38.6 Å². The fraction of sp³-hybridized carbons (Fsp3) is 0.533. The monoisotopic (exact) mass is 259 g/mol. The van der Waals surface area contributed by atoms with Crippen molar-refractivity contribution in [1.82, 2.24) is 9.55 Å². The maximum atomic E-state index is 6.04. The van der Waals surface area contributed by atoms with Crippen molar-refractivity contribution in [1.29, 1.82) is 0 Å². The summed E-state index contributed by atoms with van der Waals surface area (Å²) in [5.74, 6) is 2.31. The molecule has 1 fully saturated rings. The number of hydrogen-bond donors (Lipinski definition) is 1. The van der Waals surface area contributed by atoms with Gasteiger partial charge in [-0.2, -0.15) is 0 Å². The summed E-state index contributed by atoms with van der Waals surface area (Å²) >= 11 is 0. The van der Waals surface area contributed by atoms with Crippen molar-refractivity contribution in [3.63, 3.8) is 0 Å². The van der Waals surface area contributed by atoms with Crippen molar-refractivity contribution in [3.8, 4) is 5.75 Å². The molecule has 1 aliphatic rings. The van der Waals surface area contributed by atoms with Crippen molar-refractivity contribution in [2.24, 2.45) is 5.92 Å². The van der Waals surface area contributed by atoms with E-state index in [1.165, 1.54) is 32.1 Å². The summed E-state index contributed by atoms with van der Waals surface area (Å²) in [5.41, 5.74) is 8.07. The molecule has 0 spiro atoms. The Hall–Kier alpha value is -1.71. The molecule has 0 radical (unpaired) electrons. The fourth-order valence-electron chi connectivity index (χ4n) is 3.10. The van der Waals surface area contributed by atoms with E-state index in [1.54, 1.807) is 7.11 Å². The van der Waals surface area contributed by atoms with Crippen LogP contribution in [0, 0.1) is 5.92 Å². The lowest BCUT2D eigenvalue weighted by Crippen LogP contribution is -2.06. The van der Waals surface area contributed by atoms with E-state index in [9.17, 15) is 0 Å². The second-order valence-electron chi connectivity index (χ2n) is 5.42. The van der Waals surface area contributed by atoms with Crippen LogP contribution in [0.1, 0.15) is 32.1 Å². The summed E-state index contributed by atoms with van der Waals surface area (Å²) in [5, 5.41) is 0. The number of aromatic nitrogens is 2. The van der Waals surface area contributed by atoms with Gasteiger partial charge in [-0.15, -0.1) is 0 Å². The minimum atomic E-state index is 0.612. The third-order valence-electron chi connectivity index (χ3n) is 4.22. The average molecular weight is 259 g/mol. The Bertz CT molecular complexity index is 570. The van der Waals surface area contributed by atoms with E-state index in [-0.39, 0.29) is 0 Å². The minimum Gasteiger partial charge on any atom is -0.497 e. The largest absolute Gasteiger partial charge is 0.497 e. The third kappa shape index (κ3) is 2.39. The summed E-state index contributed by atoms with van der Waals surface area (Å²) in [4.78, 5) is 4.43. The number of imidazole rings is 1. The standard InChI is InChI=1S/C15H21N3O/c1-19-12-6-7-14-13(10-12)17-15(16)18(14)9-8-11-4-2-3-5-11/h6-7,10-11H,2-5,8-9H2,1H3,(H2,16,17). The molecule has 0 unspecified atom stereocenters. The molecule has 1 heterocycles. The van der Waals surface area contributed by atoms with Crippen LogP contribution in [-0.4, -0.2) is 16.7 Å². The number of rotatable bonds is 4. The normalized spacial score (nSPS) is 16.3. The molecule has 4 nitrogen and oxygen atoms in total. The molecule has 19 heavy (non-hydrogen) atoms. The Morgan fingerprint density at radius 3 is 2.89 bits per heavy atom. The van der Waals surface area contributed by atoms with Gasteiger partial charge in [-0.05, 0) is 24.5 Å². The van der Waals surface area contributed by atoms with Crippen LogP contribution in [0.15, 0.2) is 18.2 Å². The van der Waals surface area contributed by atoms with Crippen molar-refractivity contribution >= 4 is 17.0 Å². The maximum absolute atomic E-state index is 6.04. The molecule has 4 heteroatoms. The lowest BCUT2D eigenvalue weighted by molar-refractivity contribution is 0.415. The molecular weight excluding hydrogens is 238 g/mol. The fourth-order valence-corrected chi connectivity index (χ4v) is 3.10. The number of hydrogen-bond acceptors (Lipinski definition) is 3. The highest BCUT2D eigenvalue weighted by molar-refractivity contribution is 5.79. The number of aryl methyl sites for hydroxylation is 1. The summed E-state index contributed by atoms with van der Waals surface area (Å²) in [6.07, 6.45) is 6.74. The van der Waals surface area contributed by atoms with Gasteiger partial charge >= 0.3 is 0 Å². The number of ether oxygens (including phenoxy) is 1. The van der Waals surface area contributed by atoms with E-state index in [0.717, 1.165) is 29.2 Å². The molecule has 1 aromatic heterocycles. The van der Waals surface area contributed by atoms with Gasteiger partial charge in [-0.3, -0.25) is 0 Å². The van der Waals surface area contributed by atoms with Crippen LogP contribution in [0.4, 0.5) is 5.95 Å². The van der Waals surface area contributed by atoms with Gasteiger partial charge in [-0.25, -0.2) is 4.98 Å². The number of methoxy groups -OCH3 is 1. The van der Waals surface area contributed by atoms with Gasteiger partial charge in [-0.1, -0.05) is 25.7 Å². The number of nitrogens with zero attached hydrogens (tertiary/aromatic N) is 2. The number of nitrogens with two attached hydrogens (primary N) is 1.